The lowest BCUT2D eigenvalue weighted by molar-refractivity contribution is 0.102. The van der Waals surface area contributed by atoms with Crippen LogP contribution in [0.1, 0.15) is 31.8 Å². The Balaban J connectivity index is 1.35. The maximum atomic E-state index is 14.2. The van der Waals surface area contributed by atoms with Crippen molar-refractivity contribution in [2.24, 2.45) is 0 Å². The molecule has 0 aliphatic rings. The summed E-state index contributed by atoms with van der Waals surface area (Å²) in [5.74, 6) is -0.584. The first kappa shape index (κ1) is 29.4. The van der Waals surface area contributed by atoms with Crippen molar-refractivity contribution in [3.63, 3.8) is 0 Å². The molecule has 0 fully saturated rings. The molecular weight excluding hydrogens is 582 g/mol. The summed E-state index contributed by atoms with van der Waals surface area (Å²) in [6.45, 7) is 3.97. The molecule has 7 aromatic rings. The molecule has 0 radical (unpaired) electrons. The molecule has 7 nitrogen and oxygen atoms in total. The van der Waals surface area contributed by atoms with Crippen molar-refractivity contribution in [3.05, 3.63) is 162 Å². The molecule has 7 heteroatoms. The highest BCUT2D eigenvalue weighted by Gasteiger charge is 2.25. The lowest BCUT2D eigenvalue weighted by Gasteiger charge is -2.29. The number of pyridine rings is 2. The summed E-state index contributed by atoms with van der Waals surface area (Å²) in [5, 5.41) is 8.06. The lowest BCUT2D eigenvalue weighted by Crippen LogP contribution is -2.22. The van der Waals surface area contributed by atoms with Crippen molar-refractivity contribution < 1.29 is 9.59 Å². The number of fused-ring (bicyclic) bond motifs is 2. The van der Waals surface area contributed by atoms with Gasteiger partial charge in [0.25, 0.3) is 11.8 Å². The molecule has 0 bridgehead atoms. The SMILES string of the molecule is Cc1ccc(C(=O)Nc2cccc3cccnc23)c(N(c2ccccc2)c2cc(C)ccc2C(=O)Nc2cccc3cccnc23)c1. The average molecular weight is 614 g/mol. The van der Waals surface area contributed by atoms with Crippen LogP contribution in [0.15, 0.2) is 140 Å². The maximum absolute atomic E-state index is 14.2. The van der Waals surface area contributed by atoms with Crippen molar-refractivity contribution in [2.75, 3.05) is 15.5 Å². The van der Waals surface area contributed by atoms with E-state index in [1.165, 1.54) is 0 Å². The van der Waals surface area contributed by atoms with Crippen molar-refractivity contribution in [1.82, 2.24) is 9.97 Å². The number of carbonyl (C=O) groups is 2. The van der Waals surface area contributed by atoms with Crippen LogP contribution in [0, 0.1) is 13.8 Å². The number of nitrogens with one attached hydrogen (secondary N) is 2. The summed E-state index contributed by atoms with van der Waals surface area (Å²) in [4.78, 5) is 39.3. The van der Waals surface area contributed by atoms with Crippen molar-refractivity contribution in [1.29, 1.82) is 0 Å². The summed E-state index contributed by atoms with van der Waals surface area (Å²) in [6, 6.07) is 40.3. The van der Waals surface area contributed by atoms with E-state index in [2.05, 4.69) is 20.6 Å². The van der Waals surface area contributed by atoms with E-state index >= 15 is 0 Å². The van der Waals surface area contributed by atoms with Gasteiger partial charge in [0, 0.05) is 28.9 Å². The molecule has 7 rings (SSSR count). The first-order chi connectivity index (χ1) is 23.0. The fourth-order valence-electron chi connectivity index (χ4n) is 5.81. The summed E-state index contributed by atoms with van der Waals surface area (Å²) < 4.78 is 0. The maximum Gasteiger partial charge on any atom is 0.257 e. The number of aromatic nitrogens is 2. The largest absolute Gasteiger partial charge is 0.320 e. The van der Waals surface area contributed by atoms with Gasteiger partial charge in [-0.05, 0) is 85.6 Å². The molecule has 228 valence electrons. The van der Waals surface area contributed by atoms with Crippen LogP contribution in [-0.2, 0) is 0 Å². The lowest BCUT2D eigenvalue weighted by atomic mass is 10.0. The monoisotopic (exact) mass is 613 g/mol. The number of benzene rings is 5. The Morgan fingerprint density at radius 1 is 0.532 bits per heavy atom. The third-order valence-electron chi connectivity index (χ3n) is 8.05. The van der Waals surface area contributed by atoms with Crippen LogP contribution in [0.4, 0.5) is 28.4 Å². The Kier molecular flexibility index (Phi) is 7.86. The normalized spacial score (nSPS) is 10.9. The Hall–Kier alpha value is -6.34. The smallest absolute Gasteiger partial charge is 0.257 e. The standard InChI is InChI=1S/C40H31N5O2/c1-26-18-20-31(39(46)43-33-16-6-10-28-12-8-22-41-37(28)33)35(24-26)45(30-14-4-3-5-15-30)36-25-27(2)19-21-32(36)40(47)44-34-17-7-11-29-13-9-23-42-38(29)34/h3-25H,1-2H3,(H,43,46)(H,44,47). The summed E-state index contributed by atoms with van der Waals surface area (Å²) in [7, 11) is 0. The molecular formula is C40H31N5O2. The van der Waals surface area contributed by atoms with Crippen LogP contribution in [0.2, 0.25) is 0 Å². The van der Waals surface area contributed by atoms with E-state index < -0.39 is 0 Å². The van der Waals surface area contributed by atoms with Crippen molar-refractivity contribution >= 4 is 62.1 Å². The highest BCUT2D eigenvalue weighted by atomic mass is 16.2. The molecule has 2 N–H and O–H groups in total. The number of amides is 2. The number of nitrogens with zero attached hydrogens (tertiary/aromatic N) is 3. The predicted octanol–water partition coefficient (Wildman–Crippen LogP) is 9.37. The van der Waals surface area contributed by atoms with Gasteiger partial charge in [-0.3, -0.25) is 19.6 Å². The van der Waals surface area contributed by atoms with Gasteiger partial charge >= 0.3 is 0 Å². The second kappa shape index (κ2) is 12.6. The van der Waals surface area contributed by atoms with E-state index in [0.717, 1.165) is 27.6 Å². The van der Waals surface area contributed by atoms with E-state index in [4.69, 9.17) is 0 Å². The van der Waals surface area contributed by atoms with E-state index in [-0.39, 0.29) is 11.8 Å². The number of para-hydroxylation sites is 3. The fourth-order valence-corrected chi connectivity index (χ4v) is 5.81. The Bertz CT molecular complexity index is 2130. The molecule has 2 heterocycles. The number of aryl methyl sites for hydroxylation is 2. The quantitative estimate of drug-likeness (QED) is 0.187. The first-order valence-electron chi connectivity index (χ1n) is 15.3. The van der Waals surface area contributed by atoms with Crippen LogP contribution < -0.4 is 15.5 Å². The molecule has 5 aromatic carbocycles. The van der Waals surface area contributed by atoms with Gasteiger partial charge in [-0.2, -0.15) is 0 Å². The minimum absolute atomic E-state index is 0.292. The Morgan fingerprint density at radius 3 is 1.49 bits per heavy atom. The van der Waals surface area contributed by atoms with Gasteiger partial charge in [0.2, 0.25) is 0 Å². The zero-order valence-corrected chi connectivity index (χ0v) is 25.9. The van der Waals surface area contributed by atoms with Crippen LogP contribution in [0.3, 0.4) is 0 Å². The van der Waals surface area contributed by atoms with E-state index in [1.54, 1.807) is 12.4 Å². The van der Waals surface area contributed by atoms with E-state index in [1.807, 2.05) is 146 Å². The van der Waals surface area contributed by atoms with Crippen LogP contribution in [0.5, 0.6) is 0 Å². The molecule has 0 saturated carbocycles. The zero-order chi connectivity index (χ0) is 32.3. The van der Waals surface area contributed by atoms with Gasteiger partial charge in [-0.25, -0.2) is 0 Å². The van der Waals surface area contributed by atoms with Crippen LogP contribution in [-0.4, -0.2) is 21.8 Å². The number of hydrogen-bond donors (Lipinski definition) is 2. The first-order valence-corrected chi connectivity index (χ1v) is 15.3. The van der Waals surface area contributed by atoms with Gasteiger partial charge < -0.3 is 15.5 Å². The molecule has 47 heavy (non-hydrogen) atoms. The second-order valence-electron chi connectivity index (χ2n) is 11.4. The highest BCUT2D eigenvalue weighted by molar-refractivity contribution is 6.15. The predicted molar refractivity (Wildman–Crippen MR) is 190 cm³/mol. The summed E-state index contributed by atoms with van der Waals surface area (Å²) in [6.07, 6.45) is 3.43. The highest BCUT2D eigenvalue weighted by Crippen LogP contribution is 2.40. The number of anilines is 5. The molecule has 0 aliphatic carbocycles. The summed E-state index contributed by atoms with van der Waals surface area (Å²) >= 11 is 0. The van der Waals surface area contributed by atoms with Gasteiger partial charge in [0.15, 0.2) is 0 Å². The zero-order valence-electron chi connectivity index (χ0n) is 25.9. The second-order valence-corrected chi connectivity index (χ2v) is 11.4. The fraction of sp³-hybridized carbons (Fsp3) is 0.0500. The minimum Gasteiger partial charge on any atom is -0.320 e. The van der Waals surface area contributed by atoms with Crippen LogP contribution in [0.25, 0.3) is 21.8 Å². The molecule has 2 amide bonds. The summed E-state index contributed by atoms with van der Waals surface area (Å²) in [5.41, 5.74) is 7.52. The molecule has 0 spiro atoms. The van der Waals surface area contributed by atoms with Gasteiger partial charge in [0.1, 0.15) is 0 Å². The molecule has 2 aromatic heterocycles. The third-order valence-corrected chi connectivity index (χ3v) is 8.05. The topological polar surface area (TPSA) is 87.2 Å². The van der Waals surface area contributed by atoms with Gasteiger partial charge in [0.05, 0.1) is 44.9 Å². The van der Waals surface area contributed by atoms with Crippen LogP contribution >= 0.6 is 0 Å². The Morgan fingerprint density at radius 2 is 1.00 bits per heavy atom. The van der Waals surface area contributed by atoms with Crippen molar-refractivity contribution in [3.8, 4) is 0 Å². The van der Waals surface area contributed by atoms with Crippen molar-refractivity contribution in [2.45, 2.75) is 13.8 Å². The average Bonchev–Trinajstić information content (AvgIpc) is 3.09. The van der Waals surface area contributed by atoms with Gasteiger partial charge in [-0.15, -0.1) is 0 Å². The van der Waals surface area contributed by atoms with E-state index in [0.29, 0.717) is 44.9 Å². The minimum atomic E-state index is -0.292. The van der Waals surface area contributed by atoms with E-state index in [9.17, 15) is 9.59 Å². The Labute approximate surface area is 272 Å². The van der Waals surface area contributed by atoms with Gasteiger partial charge in [-0.1, -0.05) is 66.7 Å². The number of hydrogen-bond acceptors (Lipinski definition) is 5. The molecule has 0 saturated heterocycles. The molecule has 0 aliphatic heterocycles. The number of rotatable bonds is 7. The third kappa shape index (κ3) is 5.90. The number of carbonyl (C=O) groups excluding carboxylic acids is 2. The molecule has 0 atom stereocenters. The molecule has 0 unspecified atom stereocenters.